The van der Waals surface area contributed by atoms with Crippen molar-refractivity contribution in [3.05, 3.63) is 71.9 Å². The minimum Gasteiger partial charge on any atom is -0.356 e. The van der Waals surface area contributed by atoms with E-state index in [1.807, 2.05) is 42.5 Å². The molecule has 1 aliphatic heterocycles. The highest BCUT2D eigenvalue weighted by atomic mass is 16.2. The maximum absolute atomic E-state index is 12.2. The molecule has 2 atom stereocenters. The van der Waals surface area contributed by atoms with Crippen molar-refractivity contribution in [3.63, 3.8) is 0 Å². The van der Waals surface area contributed by atoms with Gasteiger partial charge in [0.15, 0.2) is 0 Å². The standard InChI is InChI=1S/C18H20N4O4.C7H8/c23-10-13(7-12-5-6-19-17(12)25)21-16(24)9-20-18(26)15-8-11-3-1-2-4-14(11)22-15;1-7-5-3-2-4-6-7/h1-4,8,10,12-13,22H,5-7,9H2,(H,19,25)(H,20,26)(H,21,24);2-6H,1H3. The van der Waals surface area contributed by atoms with Crippen LogP contribution in [0, 0.1) is 12.8 Å². The third-order valence-corrected chi connectivity index (χ3v) is 5.34. The van der Waals surface area contributed by atoms with Crippen molar-refractivity contribution >= 4 is 34.9 Å². The Hall–Kier alpha value is -3.94. The van der Waals surface area contributed by atoms with E-state index in [9.17, 15) is 19.2 Å². The summed E-state index contributed by atoms with van der Waals surface area (Å²) in [6.07, 6.45) is 1.52. The van der Waals surface area contributed by atoms with Crippen molar-refractivity contribution in [1.29, 1.82) is 0 Å². The lowest BCUT2D eigenvalue weighted by atomic mass is 9.99. The summed E-state index contributed by atoms with van der Waals surface area (Å²) in [6.45, 7) is 2.42. The Labute approximate surface area is 192 Å². The largest absolute Gasteiger partial charge is 0.356 e. The number of amides is 3. The predicted molar refractivity (Wildman–Crippen MR) is 126 cm³/mol. The van der Waals surface area contributed by atoms with Gasteiger partial charge in [0.25, 0.3) is 5.91 Å². The molecule has 2 heterocycles. The molecule has 2 unspecified atom stereocenters. The highest BCUT2D eigenvalue weighted by molar-refractivity contribution is 5.99. The molecule has 8 nitrogen and oxygen atoms in total. The Bertz CT molecular complexity index is 1080. The summed E-state index contributed by atoms with van der Waals surface area (Å²) in [5, 5.41) is 8.64. The van der Waals surface area contributed by atoms with E-state index in [-0.39, 0.29) is 24.8 Å². The van der Waals surface area contributed by atoms with E-state index in [4.69, 9.17) is 0 Å². The molecule has 3 amide bonds. The fourth-order valence-electron chi connectivity index (χ4n) is 3.57. The number of para-hydroxylation sites is 1. The minimum absolute atomic E-state index is 0.0989. The molecule has 4 N–H and O–H groups in total. The molecule has 1 fully saturated rings. The number of aromatic nitrogens is 1. The van der Waals surface area contributed by atoms with Crippen molar-refractivity contribution < 1.29 is 19.2 Å². The second-order valence-corrected chi connectivity index (χ2v) is 7.93. The molecule has 0 spiro atoms. The van der Waals surface area contributed by atoms with Gasteiger partial charge in [-0.15, -0.1) is 0 Å². The first kappa shape index (κ1) is 23.7. The average Bonchev–Trinajstić information content (AvgIpc) is 3.44. The molecule has 0 bridgehead atoms. The molecule has 3 aromatic rings. The number of hydrogen-bond acceptors (Lipinski definition) is 4. The van der Waals surface area contributed by atoms with Crippen LogP contribution < -0.4 is 16.0 Å². The summed E-state index contributed by atoms with van der Waals surface area (Å²) in [4.78, 5) is 49.8. The predicted octanol–water partition coefficient (Wildman–Crippen LogP) is 2.10. The normalized spacial score (nSPS) is 15.7. The summed E-state index contributed by atoms with van der Waals surface area (Å²) in [5.41, 5.74) is 2.51. The first-order valence-corrected chi connectivity index (χ1v) is 10.9. The molecule has 0 saturated carbocycles. The number of nitrogens with one attached hydrogen (secondary N) is 4. The number of benzene rings is 2. The van der Waals surface area contributed by atoms with E-state index in [0.717, 1.165) is 10.9 Å². The third kappa shape index (κ3) is 7.03. The molecule has 0 aliphatic carbocycles. The van der Waals surface area contributed by atoms with Gasteiger partial charge in [0.1, 0.15) is 12.0 Å². The minimum atomic E-state index is -0.749. The Morgan fingerprint density at radius 1 is 1.12 bits per heavy atom. The van der Waals surface area contributed by atoms with Crippen molar-refractivity contribution in [2.45, 2.75) is 25.8 Å². The second-order valence-electron chi connectivity index (χ2n) is 7.93. The lowest BCUT2D eigenvalue weighted by Crippen LogP contribution is -2.44. The molecular weight excluding hydrogens is 420 g/mol. The zero-order valence-corrected chi connectivity index (χ0v) is 18.5. The van der Waals surface area contributed by atoms with Crippen LogP contribution in [0.3, 0.4) is 0 Å². The number of carbonyl (C=O) groups excluding carboxylic acids is 4. The molecule has 1 saturated heterocycles. The number of carbonyl (C=O) groups is 4. The Morgan fingerprint density at radius 3 is 2.45 bits per heavy atom. The average molecular weight is 449 g/mol. The van der Waals surface area contributed by atoms with E-state index in [0.29, 0.717) is 24.9 Å². The number of aldehydes is 1. The summed E-state index contributed by atoms with van der Waals surface area (Å²) >= 11 is 0. The van der Waals surface area contributed by atoms with E-state index < -0.39 is 17.9 Å². The summed E-state index contributed by atoms with van der Waals surface area (Å²) in [6, 6.07) is 18.7. The van der Waals surface area contributed by atoms with Gasteiger partial charge in [0, 0.05) is 23.4 Å². The zero-order chi connectivity index (χ0) is 23.6. The second kappa shape index (κ2) is 11.6. The van der Waals surface area contributed by atoms with Gasteiger partial charge in [-0.1, -0.05) is 54.1 Å². The highest BCUT2D eigenvalue weighted by Crippen LogP contribution is 2.16. The Morgan fingerprint density at radius 2 is 1.85 bits per heavy atom. The lowest BCUT2D eigenvalue weighted by molar-refractivity contribution is -0.125. The number of rotatable bonds is 7. The quantitative estimate of drug-likeness (QED) is 0.414. The summed E-state index contributed by atoms with van der Waals surface area (Å²) < 4.78 is 0. The van der Waals surface area contributed by atoms with Gasteiger partial charge in [0.2, 0.25) is 11.8 Å². The SMILES string of the molecule is Cc1ccccc1.O=CC(CC1CCNC1=O)NC(=O)CNC(=O)c1cc2ccccc2[nH]1. The van der Waals surface area contributed by atoms with Crippen molar-refractivity contribution in [2.24, 2.45) is 5.92 Å². The maximum atomic E-state index is 12.2. The van der Waals surface area contributed by atoms with E-state index in [2.05, 4.69) is 40.0 Å². The van der Waals surface area contributed by atoms with Gasteiger partial charge in [-0.25, -0.2) is 0 Å². The van der Waals surface area contributed by atoms with Gasteiger partial charge in [-0.3, -0.25) is 14.4 Å². The Balaban J connectivity index is 0.000000374. The molecule has 1 aliphatic rings. The first-order valence-electron chi connectivity index (χ1n) is 10.9. The smallest absolute Gasteiger partial charge is 0.268 e. The molecule has 0 radical (unpaired) electrons. The Kier molecular flexibility index (Phi) is 8.35. The van der Waals surface area contributed by atoms with Crippen molar-refractivity contribution in [2.75, 3.05) is 13.1 Å². The van der Waals surface area contributed by atoms with Gasteiger partial charge in [-0.2, -0.15) is 0 Å². The monoisotopic (exact) mass is 448 g/mol. The van der Waals surface area contributed by atoms with Gasteiger partial charge < -0.3 is 25.7 Å². The molecule has 8 heteroatoms. The fraction of sp³-hybridized carbons (Fsp3) is 0.280. The van der Waals surface area contributed by atoms with Crippen LogP contribution in [0.5, 0.6) is 0 Å². The van der Waals surface area contributed by atoms with Crippen LogP contribution in [0.2, 0.25) is 0 Å². The van der Waals surface area contributed by atoms with Crippen LogP contribution in [0.25, 0.3) is 10.9 Å². The van der Waals surface area contributed by atoms with Gasteiger partial charge in [-0.05, 0) is 31.9 Å². The lowest BCUT2D eigenvalue weighted by Gasteiger charge is -2.15. The number of aromatic amines is 1. The summed E-state index contributed by atoms with van der Waals surface area (Å²) in [5.74, 6) is -1.26. The van der Waals surface area contributed by atoms with Crippen LogP contribution in [-0.2, 0) is 14.4 Å². The highest BCUT2D eigenvalue weighted by Gasteiger charge is 2.27. The van der Waals surface area contributed by atoms with Crippen LogP contribution in [-0.4, -0.2) is 48.1 Å². The van der Waals surface area contributed by atoms with Crippen LogP contribution in [0.15, 0.2) is 60.7 Å². The van der Waals surface area contributed by atoms with E-state index in [1.54, 1.807) is 6.07 Å². The third-order valence-electron chi connectivity index (χ3n) is 5.34. The fourth-order valence-corrected chi connectivity index (χ4v) is 3.57. The number of H-pyrrole nitrogens is 1. The van der Waals surface area contributed by atoms with Gasteiger partial charge in [0.05, 0.1) is 12.6 Å². The molecular formula is C25H28N4O4. The molecule has 2 aromatic carbocycles. The zero-order valence-electron chi connectivity index (χ0n) is 18.5. The van der Waals surface area contributed by atoms with Crippen molar-refractivity contribution in [3.8, 4) is 0 Å². The molecule has 172 valence electrons. The van der Waals surface area contributed by atoms with Gasteiger partial charge >= 0.3 is 0 Å². The van der Waals surface area contributed by atoms with Crippen LogP contribution in [0.1, 0.15) is 28.9 Å². The number of aryl methyl sites for hydroxylation is 1. The maximum Gasteiger partial charge on any atom is 0.268 e. The van der Waals surface area contributed by atoms with E-state index in [1.165, 1.54) is 5.56 Å². The number of fused-ring (bicyclic) bond motifs is 1. The van der Waals surface area contributed by atoms with Crippen molar-refractivity contribution in [1.82, 2.24) is 20.9 Å². The van der Waals surface area contributed by atoms with E-state index >= 15 is 0 Å². The van der Waals surface area contributed by atoms with Crippen LogP contribution >= 0.6 is 0 Å². The topological polar surface area (TPSA) is 120 Å². The van der Waals surface area contributed by atoms with Crippen LogP contribution in [0.4, 0.5) is 0 Å². The molecule has 4 rings (SSSR count). The summed E-state index contributed by atoms with van der Waals surface area (Å²) in [7, 11) is 0. The molecule has 33 heavy (non-hydrogen) atoms. The molecule has 1 aromatic heterocycles. The first-order chi connectivity index (χ1) is 16.0. The number of hydrogen-bond donors (Lipinski definition) is 4.